The lowest BCUT2D eigenvalue weighted by atomic mass is 10.3. The number of sulfone groups is 1. The highest BCUT2D eigenvalue weighted by Gasteiger charge is 2.15. The lowest BCUT2D eigenvalue weighted by Crippen LogP contribution is -2.11. The Morgan fingerprint density at radius 3 is 2.50 bits per heavy atom. The van der Waals surface area contributed by atoms with Gasteiger partial charge in [0.15, 0.2) is 9.84 Å². The van der Waals surface area contributed by atoms with Crippen molar-refractivity contribution in [2.45, 2.75) is 11.3 Å². The van der Waals surface area contributed by atoms with E-state index in [9.17, 15) is 8.42 Å². The summed E-state index contributed by atoms with van der Waals surface area (Å²) in [4.78, 5) is 4.40. The van der Waals surface area contributed by atoms with Crippen LogP contribution in [0.15, 0.2) is 41.6 Å². The van der Waals surface area contributed by atoms with Crippen molar-refractivity contribution in [1.82, 2.24) is 9.55 Å². The van der Waals surface area contributed by atoms with Crippen LogP contribution in [0.3, 0.4) is 0 Å². The molecule has 0 spiro atoms. The minimum Gasteiger partial charge on any atom is -0.399 e. The molecule has 0 aliphatic heterocycles. The molecule has 0 bridgehead atoms. The number of hydrogen-bond donors (Lipinski definition) is 1. The first kappa shape index (κ1) is 12.6. The van der Waals surface area contributed by atoms with E-state index in [2.05, 4.69) is 4.98 Å². The number of rotatable bonds is 4. The molecule has 0 saturated heterocycles. The number of anilines is 1. The van der Waals surface area contributed by atoms with Crippen LogP contribution in [0.4, 0.5) is 5.69 Å². The number of aromatic nitrogens is 2. The van der Waals surface area contributed by atoms with E-state index in [4.69, 9.17) is 5.73 Å². The summed E-state index contributed by atoms with van der Waals surface area (Å²) in [5.41, 5.74) is 6.09. The molecule has 2 N–H and O–H groups in total. The zero-order valence-corrected chi connectivity index (χ0v) is 10.9. The van der Waals surface area contributed by atoms with E-state index in [-0.39, 0.29) is 5.75 Å². The number of nitrogen functional groups attached to an aromatic ring is 1. The van der Waals surface area contributed by atoms with E-state index in [1.54, 1.807) is 24.5 Å². The zero-order valence-electron chi connectivity index (χ0n) is 10.1. The highest BCUT2D eigenvalue weighted by atomic mass is 32.2. The van der Waals surface area contributed by atoms with E-state index in [0.29, 0.717) is 17.0 Å². The highest BCUT2D eigenvalue weighted by Crippen LogP contribution is 2.14. The number of nitrogens with two attached hydrogens (primary N) is 1. The Morgan fingerprint density at radius 1 is 1.28 bits per heavy atom. The van der Waals surface area contributed by atoms with Gasteiger partial charge in [-0.05, 0) is 24.3 Å². The number of hydrogen-bond acceptors (Lipinski definition) is 4. The minimum atomic E-state index is -3.28. The summed E-state index contributed by atoms with van der Waals surface area (Å²) in [5, 5.41) is 0. The van der Waals surface area contributed by atoms with Crippen LogP contribution in [0.25, 0.3) is 0 Å². The van der Waals surface area contributed by atoms with Crippen molar-refractivity contribution in [2.75, 3.05) is 11.5 Å². The third-order valence-corrected chi connectivity index (χ3v) is 4.49. The van der Waals surface area contributed by atoms with E-state index < -0.39 is 9.84 Å². The molecule has 0 saturated carbocycles. The first-order valence-corrected chi connectivity index (χ1v) is 7.19. The fourth-order valence-electron chi connectivity index (χ4n) is 1.66. The average molecular weight is 265 g/mol. The second kappa shape index (κ2) is 4.81. The zero-order chi connectivity index (χ0) is 13.2. The molecule has 2 rings (SSSR count). The monoisotopic (exact) mass is 265 g/mol. The largest absolute Gasteiger partial charge is 0.399 e. The molecule has 0 radical (unpaired) electrons. The third-order valence-electron chi connectivity index (χ3n) is 2.75. The predicted molar refractivity (Wildman–Crippen MR) is 69.8 cm³/mol. The average Bonchev–Trinajstić information content (AvgIpc) is 2.73. The normalized spacial score (nSPS) is 11.6. The maximum absolute atomic E-state index is 12.1. The Labute approximate surface area is 106 Å². The minimum absolute atomic E-state index is 0.0434. The second-order valence-electron chi connectivity index (χ2n) is 4.09. The van der Waals surface area contributed by atoms with Crippen LogP contribution in [-0.2, 0) is 23.3 Å². The molecule has 2 aromatic rings. The molecule has 96 valence electrons. The SMILES string of the molecule is Cn1ccnc1CCS(=O)(=O)c1ccc(N)cc1. The molecular weight excluding hydrogens is 250 g/mol. The van der Waals surface area contributed by atoms with Gasteiger partial charge in [0.25, 0.3) is 0 Å². The summed E-state index contributed by atoms with van der Waals surface area (Å²) in [7, 11) is -1.43. The fraction of sp³-hybridized carbons (Fsp3) is 0.250. The van der Waals surface area contributed by atoms with Crippen molar-refractivity contribution in [2.24, 2.45) is 7.05 Å². The van der Waals surface area contributed by atoms with E-state index >= 15 is 0 Å². The highest BCUT2D eigenvalue weighted by molar-refractivity contribution is 7.91. The van der Waals surface area contributed by atoms with Gasteiger partial charge in [0.05, 0.1) is 10.6 Å². The van der Waals surface area contributed by atoms with Gasteiger partial charge in [-0.1, -0.05) is 0 Å². The lowest BCUT2D eigenvalue weighted by Gasteiger charge is -2.05. The molecule has 18 heavy (non-hydrogen) atoms. The van der Waals surface area contributed by atoms with Crippen molar-refractivity contribution in [1.29, 1.82) is 0 Å². The van der Waals surface area contributed by atoms with Crippen LogP contribution in [0.1, 0.15) is 5.82 Å². The maximum Gasteiger partial charge on any atom is 0.178 e. The van der Waals surface area contributed by atoms with Gasteiger partial charge in [-0.15, -0.1) is 0 Å². The molecule has 6 heteroatoms. The first-order valence-electron chi connectivity index (χ1n) is 5.53. The van der Waals surface area contributed by atoms with Crippen molar-refractivity contribution in [3.05, 3.63) is 42.5 Å². The smallest absolute Gasteiger partial charge is 0.178 e. The molecule has 1 aromatic heterocycles. The molecule has 0 amide bonds. The molecule has 0 atom stereocenters. The molecular formula is C12H15N3O2S. The lowest BCUT2D eigenvalue weighted by molar-refractivity contribution is 0.594. The Bertz CT molecular complexity index is 630. The van der Waals surface area contributed by atoms with Crippen LogP contribution >= 0.6 is 0 Å². The molecule has 0 unspecified atom stereocenters. The third kappa shape index (κ3) is 2.70. The summed E-state index contributed by atoms with van der Waals surface area (Å²) in [6, 6.07) is 6.24. The Morgan fingerprint density at radius 2 is 1.94 bits per heavy atom. The predicted octanol–water partition coefficient (Wildman–Crippen LogP) is 1.02. The van der Waals surface area contributed by atoms with Crippen LogP contribution in [-0.4, -0.2) is 23.7 Å². The summed E-state index contributed by atoms with van der Waals surface area (Å²) in [6.45, 7) is 0. The first-order chi connectivity index (χ1) is 8.49. The number of nitrogens with zero attached hydrogens (tertiary/aromatic N) is 2. The summed E-state index contributed by atoms with van der Waals surface area (Å²) in [6.07, 6.45) is 3.85. The quantitative estimate of drug-likeness (QED) is 0.837. The van der Waals surface area contributed by atoms with Gasteiger partial charge in [-0.25, -0.2) is 13.4 Å². The Kier molecular flexibility index (Phi) is 3.38. The number of benzene rings is 1. The van der Waals surface area contributed by atoms with Gasteiger partial charge in [-0.2, -0.15) is 0 Å². The van der Waals surface area contributed by atoms with Crippen LogP contribution in [0.2, 0.25) is 0 Å². The van der Waals surface area contributed by atoms with Crippen molar-refractivity contribution >= 4 is 15.5 Å². The summed E-state index contributed by atoms with van der Waals surface area (Å²) in [5.74, 6) is 0.802. The molecule has 5 nitrogen and oxygen atoms in total. The molecule has 0 aliphatic carbocycles. The molecule has 0 fully saturated rings. The second-order valence-corrected chi connectivity index (χ2v) is 6.20. The molecule has 1 heterocycles. The van der Waals surface area contributed by atoms with Gasteiger partial charge < -0.3 is 10.3 Å². The van der Waals surface area contributed by atoms with E-state index in [1.165, 1.54) is 12.1 Å². The van der Waals surface area contributed by atoms with Crippen molar-refractivity contribution in [3.63, 3.8) is 0 Å². The summed E-state index contributed by atoms with van der Waals surface area (Å²) < 4.78 is 26.0. The fourth-order valence-corrected chi connectivity index (χ4v) is 2.89. The Balaban J connectivity index is 2.13. The molecule has 0 aliphatic rings. The number of imidazole rings is 1. The van der Waals surface area contributed by atoms with Gasteiger partial charge in [0.1, 0.15) is 5.82 Å². The van der Waals surface area contributed by atoms with Gasteiger partial charge in [0.2, 0.25) is 0 Å². The standard InChI is InChI=1S/C12H15N3O2S/c1-15-8-7-14-12(15)6-9-18(16,17)11-4-2-10(13)3-5-11/h2-5,7-8H,6,9,13H2,1H3. The van der Waals surface area contributed by atoms with E-state index in [1.807, 2.05) is 11.6 Å². The molecule has 1 aromatic carbocycles. The topological polar surface area (TPSA) is 78.0 Å². The van der Waals surface area contributed by atoms with Crippen LogP contribution in [0, 0.1) is 0 Å². The Hall–Kier alpha value is -1.82. The number of aryl methyl sites for hydroxylation is 2. The van der Waals surface area contributed by atoms with Gasteiger partial charge >= 0.3 is 0 Å². The van der Waals surface area contributed by atoms with Crippen molar-refractivity contribution in [3.8, 4) is 0 Å². The van der Waals surface area contributed by atoms with Gasteiger partial charge in [0, 0.05) is 31.5 Å². The van der Waals surface area contributed by atoms with Crippen LogP contribution < -0.4 is 5.73 Å². The summed E-state index contributed by atoms with van der Waals surface area (Å²) >= 11 is 0. The van der Waals surface area contributed by atoms with Gasteiger partial charge in [-0.3, -0.25) is 0 Å². The van der Waals surface area contributed by atoms with Crippen LogP contribution in [0.5, 0.6) is 0 Å². The maximum atomic E-state index is 12.1. The van der Waals surface area contributed by atoms with E-state index in [0.717, 1.165) is 5.82 Å². The van der Waals surface area contributed by atoms with Crippen molar-refractivity contribution < 1.29 is 8.42 Å².